The van der Waals surface area contributed by atoms with Gasteiger partial charge >= 0.3 is 0 Å². The van der Waals surface area contributed by atoms with E-state index in [1.54, 1.807) is 6.07 Å². The first-order valence-electron chi connectivity index (χ1n) is 3.83. The van der Waals surface area contributed by atoms with E-state index >= 15 is 0 Å². The van der Waals surface area contributed by atoms with E-state index in [4.69, 9.17) is 9.26 Å². The highest BCUT2D eigenvalue weighted by atomic mass is 16.5. The Morgan fingerprint density at radius 2 is 2.23 bits per heavy atom. The van der Waals surface area contributed by atoms with Gasteiger partial charge in [-0.05, 0) is 12.1 Å². The largest absolute Gasteiger partial charge is 0.490 e. The molecule has 65 valence electrons. The minimum atomic E-state index is 0.709. The molecule has 1 aromatic heterocycles. The maximum absolute atomic E-state index is 4.84. The molecular weight excluding hydrogens is 166 g/mol. The number of hydrogen-bond acceptors (Lipinski definition) is 3. The summed E-state index contributed by atoms with van der Waals surface area (Å²) >= 11 is 0. The molecule has 0 unspecified atom stereocenters. The lowest BCUT2D eigenvalue weighted by molar-refractivity contribution is 0.422. The Kier molecular flexibility index (Phi) is 2.00. The molecule has 2 rings (SSSR count). The first-order valence-corrected chi connectivity index (χ1v) is 3.83. The minimum Gasteiger partial charge on any atom is -0.490 e. The molecule has 0 spiro atoms. The third kappa shape index (κ3) is 1.54. The van der Waals surface area contributed by atoms with Gasteiger partial charge in [0.05, 0.1) is 0 Å². The van der Waals surface area contributed by atoms with E-state index in [1.807, 2.05) is 24.3 Å². The summed E-state index contributed by atoms with van der Waals surface area (Å²) in [6.45, 7) is 0. The second kappa shape index (κ2) is 3.31. The highest BCUT2D eigenvalue weighted by Crippen LogP contribution is 2.21. The van der Waals surface area contributed by atoms with Gasteiger partial charge in [0, 0.05) is 11.6 Å². The van der Waals surface area contributed by atoms with Crippen LogP contribution in [-0.2, 0) is 0 Å². The van der Waals surface area contributed by atoms with Crippen LogP contribution in [0.15, 0.2) is 41.1 Å². The molecule has 0 bridgehead atoms. The molecule has 0 fully saturated rings. The summed E-state index contributed by atoms with van der Waals surface area (Å²) in [6, 6.07) is 9.29. The lowest BCUT2D eigenvalue weighted by Crippen LogP contribution is -1.81. The highest BCUT2D eigenvalue weighted by Gasteiger charge is 2.01. The van der Waals surface area contributed by atoms with Crippen LogP contribution in [0.5, 0.6) is 5.75 Å². The van der Waals surface area contributed by atoms with Gasteiger partial charge in [0.1, 0.15) is 24.8 Å². The van der Waals surface area contributed by atoms with Crippen LogP contribution in [0.2, 0.25) is 0 Å². The number of hydrogen-bond donors (Lipinski definition) is 0. The summed E-state index contributed by atoms with van der Waals surface area (Å²) in [4.78, 5) is 0. The third-order valence-corrected chi connectivity index (χ3v) is 1.73. The number of benzene rings is 1. The van der Waals surface area contributed by atoms with Crippen molar-refractivity contribution in [2.45, 2.75) is 0 Å². The smallest absolute Gasteiger partial charge is 0.124 e. The van der Waals surface area contributed by atoms with Gasteiger partial charge in [-0.25, -0.2) is 0 Å². The molecule has 3 nitrogen and oxygen atoms in total. The second-order valence-corrected chi connectivity index (χ2v) is 2.56. The van der Waals surface area contributed by atoms with Crippen molar-refractivity contribution in [3.8, 4) is 17.0 Å². The van der Waals surface area contributed by atoms with Gasteiger partial charge in [-0.1, -0.05) is 17.3 Å². The van der Waals surface area contributed by atoms with Crippen molar-refractivity contribution in [1.82, 2.24) is 5.16 Å². The monoisotopic (exact) mass is 174 g/mol. The number of ether oxygens (including phenoxy) is 1. The second-order valence-electron chi connectivity index (χ2n) is 2.56. The Balaban J connectivity index is 2.41. The van der Waals surface area contributed by atoms with Gasteiger partial charge in [0.15, 0.2) is 0 Å². The van der Waals surface area contributed by atoms with Crippen LogP contribution in [0.1, 0.15) is 0 Å². The molecule has 1 radical (unpaired) electrons. The average molecular weight is 174 g/mol. The van der Waals surface area contributed by atoms with Gasteiger partial charge in [-0.2, -0.15) is 0 Å². The van der Waals surface area contributed by atoms with Crippen molar-refractivity contribution in [2.24, 2.45) is 0 Å². The maximum atomic E-state index is 4.84. The van der Waals surface area contributed by atoms with E-state index in [2.05, 4.69) is 12.3 Å². The quantitative estimate of drug-likeness (QED) is 0.701. The Labute approximate surface area is 75.9 Å². The lowest BCUT2D eigenvalue weighted by atomic mass is 10.1. The average Bonchev–Trinajstić information content (AvgIpc) is 2.71. The van der Waals surface area contributed by atoms with Crippen LogP contribution >= 0.6 is 0 Å². The van der Waals surface area contributed by atoms with Crippen LogP contribution in [0.3, 0.4) is 0 Å². The van der Waals surface area contributed by atoms with E-state index in [0.29, 0.717) is 5.75 Å². The van der Waals surface area contributed by atoms with E-state index in [-0.39, 0.29) is 0 Å². The first-order chi connectivity index (χ1) is 6.40. The number of nitrogens with zero attached hydrogens (tertiary/aromatic N) is 1. The Hall–Kier alpha value is -1.77. The molecule has 0 aliphatic carbocycles. The predicted octanol–water partition coefficient (Wildman–Crippen LogP) is 2.51. The molecule has 0 atom stereocenters. The maximum Gasteiger partial charge on any atom is 0.124 e. The molecule has 0 saturated heterocycles. The molecule has 0 saturated carbocycles. The van der Waals surface area contributed by atoms with Crippen molar-refractivity contribution in [1.29, 1.82) is 0 Å². The van der Waals surface area contributed by atoms with Crippen molar-refractivity contribution in [3.63, 3.8) is 0 Å². The van der Waals surface area contributed by atoms with E-state index in [9.17, 15) is 0 Å². The summed E-state index contributed by atoms with van der Waals surface area (Å²) in [5.74, 6) is 0.709. The standard InChI is InChI=1S/C10H8NO2/c1-12-9-4-2-3-8(7-9)10-5-6-13-11-10/h2-7H,1H2. The topological polar surface area (TPSA) is 35.3 Å². The van der Waals surface area contributed by atoms with Gasteiger partial charge in [-0.15, -0.1) is 0 Å². The number of aromatic nitrogens is 1. The van der Waals surface area contributed by atoms with Crippen molar-refractivity contribution >= 4 is 0 Å². The Morgan fingerprint density at radius 3 is 2.92 bits per heavy atom. The van der Waals surface area contributed by atoms with Crippen LogP contribution in [0.4, 0.5) is 0 Å². The Morgan fingerprint density at radius 1 is 1.31 bits per heavy atom. The van der Waals surface area contributed by atoms with E-state index in [1.165, 1.54) is 6.26 Å². The zero-order valence-corrected chi connectivity index (χ0v) is 6.93. The first kappa shape index (κ1) is 7.86. The highest BCUT2D eigenvalue weighted by molar-refractivity contribution is 5.60. The van der Waals surface area contributed by atoms with Crippen LogP contribution < -0.4 is 4.74 Å². The molecule has 0 aliphatic rings. The van der Waals surface area contributed by atoms with E-state index in [0.717, 1.165) is 11.3 Å². The minimum absolute atomic E-state index is 0.709. The Bertz CT molecular complexity index is 382. The molecule has 13 heavy (non-hydrogen) atoms. The molecule has 1 heterocycles. The summed E-state index contributed by atoms with van der Waals surface area (Å²) in [6.07, 6.45) is 1.53. The third-order valence-electron chi connectivity index (χ3n) is 1.73. The fraction of sp³-hybridized carbons (Fsp3) is 0. The van der Waals surface area contributed by atoms with Gasteiger partial charge < -0.3 is 9.26 Å². The summed E-state index contributed by atoms with van der Waals surface area (Å²) in [5, 5.41) is 3.81. The normalized spacial score (nSPS) is 9.92. The van der Waals surface area contributed by atoms with Crippen LogP contribution in [0, 0.1) is 7.11 Å². The molecule has 0 amide bonds. The predicted molar refractivity (Wildman–Crippen MR) is 47.9 cm³/mol. The summed E-state index contributed by atoms with van der Waals surface area (Å²) in [7, 11) is 3.33. The molecule has 2 aromatic rings. The van der Waals surface area contributed by atoms with Crippen molar-refractivity contribution in [2.75, 3.05) is 0 Å². The van der Waals surface area contributed by atoms with Gasteiger partial charge in [0.2, 0.25) is 0 Å². The van der Waals surface area contributed by atoms with Gasteiger partial charge in [-0.3, -0.25) is 0 Å². The molecule has 3 heteroatoms. The summed E-state index contributed by atoms with van der Waals surface area (Å²) < 4.78 is 9.58. The van der Waals surface area contributed by atoms with Crippen molar-refractivity contribution in [3.05, 3.63) is 43.7 Å². The van der Waals surface area contributed by atoms with E-state index < -0.39 is 0 Å². The van der Waals surface area contributed by atoms with Gasteiger partial charge in [0.25, 0.3) is 0 Å². The number of rotatable bonds is 2. The zero-order chi connectivity index (χ0) is 9.10. The van der Waals surface area contributed by atoms with Crippen LogP contribution in [0.25, 0.3) is 11.3 Å². The molecule has 1 aromatic carbocycles. The summed E-state index contributed by atoms with van der Waals surface area (Å²) in [5.41, 5.74) is 1.74. The molecule has 0 aliphatic heterocycles. The molecule has 0 N–H and O–H groups in total. The SMILES string of the molecule is [CH2]Oc1cccc(-c2ccon2)c1. The van der Waals surface area contributed by atoms with Crippen LogP contribution in [-0.4, -0.2) is 5.16 Å². The zero-order valence-electron chi connectivity index (χ0n) is 6.93. The van der Waals surface area contributed by atoms with Crippen molar-refractivity contribution < 1.29 is 9.26 Å². The fourth-order valence-corrected chi connectivity index (χ4v) is 1.11. The fourth-order valence-electron chi connectivity index (χ4n) is 1.11. The molecular formula is C10H8NO2. The lowest BCUT2D eigenvalue weighted by Gasteiger charge is -1.99.